The zero-order valence-corrected chi connectivity index (χ0v) is 17.0. The fourth-order valence-corrected chi connectivity index (χ4v) is 4.31. The first kappa shape index (κ1) is 20.2. The van der Waals surface area contributed by atoms with E-state index in [1.54, 1.807) is 7.05 Å². The summed E-state index contributed by atoms with van der Waals surface area (Å²) in [6, 6.07) is 2.03. The van der Waals surface area contributed by atoms with Crippen LogP contribution in [0.1, 0.15) is 24.2 Å². The standard InChI is InChI=1S/C14H25N5O2S.HI/c1-11-9-12(2)19(18-11)7-4-6-16-14(15-3)17-13-5-8-22(20,21)10-13;/h9,13H,4-8,10H2,1-3H3,(H2,15,16,17);1H. The van der Waals surface area contributed by atoms with Gasteiger partial charge in [-0.2, -0.15) is 5.10 Å². The van der Waals surface area contributed by atoms with Gasteiger partial charge in [-0.25, -0.2) is 8.42 Å². The minimum Gasteiger partial charge on any atom is -0.356 e. The Morgan fingerprint density at radius 2 is 2.22 bits per heavy atom. The van der Waals surface area contributed by atoms with E-state index in [0.29, 0.717) is 12.4 Å². The Bertz CT molecular complexity index is 642. The van der Waals surface area contributed by atoms with Gasteiger partial charge in [-0.1, -0.05) is 0 Å². The van der Waals surface area contributed by atoms with E-state index in [-0.39, 0.29) is 41.5 Å². The summed E-state index contributed by atoms with van der Waals surface area (Å²) in [6.45, 7) is 5.65. The molecule has 2 N–H and O–H groups in total. The molecule has 1 atom stereocenters. The highest BCUT2D eigenvalue weighted by Gasteiger charge is 2.28. The summed E-state index contributed by atoms with van der Waals surface area (Å²) in [4.78, 5) is 4.14. The molecule has 23 heavy (non-hydrogen) atoms. The fourth-order valence-electron chi connectivity index (χ4n) is 2.63. The zero-order chi connectivity index (χ0) is 16.2. The van der Waals surface area contributed by atoms with Crippen LogP contribution in [0.2, 0.25) is 0 Å². The van der Waals surface area contributed by atoms with Gasteiger partial charge in [-0.15, -0.1) is 24.0 Å². The summed E-state index contributed by atoms with van der Waals surface area (Å²) in [5.74, 6) is 1.12. The number of sulfone groups is 1. The van der Waals surface area contributed by atoms with E-state index in [1.165, 1.54) is 0 Å². The monoisotopic (exact) mass is 455 g/mol. The number of halogens is 1. The van der Waals surface area contributed by atoms with E-state index in [0.717, 1.165) is 30.9 Å². The number of hydrogen-bond donors (Lipinski definition) is 2. The largest absolute Gasteiger partial charge is 0.356 e. The number of guanidine groups is 1. The van der Waals surface area contributed by atoms with Crippen LogP contribution in [0.4, 0.5) is 0 Å². The molecule has 0 bridgehead atoms. The van der Waals surface area contributed by atoms with Crippen LogP contribution in [0.15, 0.2) is 11.1 Å². The molecule has 0 amide bonds. The first-order chi connectivity index (χ1) is 10.4. The molecule has 2 heterocycles. The number of hydrogen-bond acceptors (Lipinski definition) is 4. The van der Waals surface area contributed by atoms with E-state index in [2.05, 4.69) is 33.7 Å². The highest BCUT2D eigenvalue weighted by molar-refractivity contribution is 14.0. The molecule has 1 aliphatic heterocycles. The van der Waals surface area contributed by atoms with Crippen molar-refractivity contribution in [2.24, 2.45) is 4.99 Å². The van der Waals surface area contributed by atoms with Crippen LogP contribution in [0, 0.1) is 13.8 Å². The first-order valence-electron chi connectivity index (χ1n) is 7.58. The Morgan fingerprint density at radius 3 is 2.74 bits per heavy atom. The average molecular weight is 455 g/mol. The number of nitrogens with one attached hydrogen (secondary N) is 2. The number of aliphatic imine (C=N–C) groups is 1. The SMILES string of the molecule is CN=C(NCCCn1nc(C)cc1C)NC1CCS(=O)(=O)C1.I. The quantitative estimate of drug-likeness (QED) is 0.298. The van der Waals surface area contributed by atoms with Crippen molar-refractivity contribution < 1.29 is 8.42 Å². The Kier molecular flexibility index (Phi) is 7.78. The van der Waals surface area contributed by atoms with Crippen LogP contribution in [-0.2, 0) is 16.4 Å². The van der Waals surface area contributed by atoms with Crippen LogP contribution < -0.4 is 10.6 Å². The van der Waals surface area contributed by atoms with Gasteiger partial charge in [0.2, 0.25) is 0 Å². The molecular formula is C14H26IN5O2S. The second-order valence-corrected chi connectivity index (χ2v) is 7.98. The van der Waals surface area contributed by atoms with Gasteiger partial charge in [0.05, 0.1) is 17.2 Å². The predicted octanol–water partition coefficient (Wildman–Crippen LogP) is 0.860. The maximum absolute atomic E-state index is 11.5. The molecule has 1 aliphatic rings. The minimum absolute atomic E-state index is 0. The summed E-state index contributed by atoms with van der Waals surface area (Å²) < 4.78 is 24.9. The molecule has 1 aromatic rings. The van der Waals surface area contributed by atoms with Crippen LogP contribution in [0.3, 0.4) is 0 Å². The molecule has 2 rings (SSSR count). The molecule has 0 aliphatic carbocycles. The van der Waals surface area contributed by atoms with Crippen molar-refractivity contribution in [2.45, 2.75) is 39.3 Å². The molecule has 0 saturated carbocycles. The van der Waals surface area contributed by atoms with Gasteiger partial charge < -0.3 is 10.6 Å². The van der Waals surface area contributed by atoms with E-state index in [1.807, 2.05) is 11.6 Å². The minimum atomic E-state index is -2.87. The molecule has 0 radical (unpaired) electrons. The summed E-state index contributed by atoms with van der Waals surface area (Å²) >= 11 is 0. The topological polar surface area (TPSA) is 88.4 Å². The van der Waals surface area contributed by atoms with E-state index in [4.69, 9.17) is 0 Å². The molecule has 9 heteroatoms. The fraction of sp³-hybridized carbons (Fsp3) is 0.714. The van der Waals surface area contributed by atoms with Crippen molar-refractivity contribution in [2.75, 3.05) is 25.1 Å². The number of nitrogens with zero attached hydrogens (tertiary/aromatic N) is 3. The lowest BCUT2D eigenvalue weighted by atomic mass is 10.3. The zero-order valence-electron chi connectivity index (χ0n) is 13.9. The van der Waals surface area contributed by atoms with Crippen LogP contribution in [0.25, 0.3) is 0 Å². The van der Waals surface area contributed by atoms with Crippen LogP contribution >= 0.6 is 24.0 Å². The number of aromatic nitrogens is 2. The van der Waals surface area contributed by atoms with Crippen molar-refractivity contribution in [1.29, 1.82) is 0 Å². The third-order valence-electron chi connectivity index (χ3n) is 3.74. The summed E-state index contributed by atoms with van der Waals surface area (Å²) in [5, 5.41) is 10.8. The van der Waals surface area contributed by atoms with Crippen LogP contribution in [0.5, 0.6) is 0 Å². The molecule has 7 nitrogen and oxygen atoms in total. The lowest BCUT2D eigenvalue weighted by Crippen LogP contribution is -2.44. The van der Waals surface area contributed by atoms with Gasteiger partial charge >= 0.3 is 0 Å². The lowest BCUT2D eigenvalue weighted by molar-refractivity contribution is 0.552. The van der Waals surface area contributed by atoms with Gasteiger partial charge in [0.25, 0.3) is 0 Å². The molecule has 1 aromatic heterocycles. The Balaban J connectivity index is 0.00000264. The molecule has 1 unspecified atom stereocenters. The smallest absolute Gasteiger partial charge is 0.191 e. The number of aryl methyl sites for hydroxylation is 3. The summed E-state index contributed by atoms with van der Waals surface area (Å²) in [5.41, 5.74) is 2.20. The van der Waals surface area contributed by atoms with E-state index in [9.17, 15) is 8.42 Å². The van der Waals surface area contributed by atoms with Crippen molar-refractivity contribution in [3.8, 4) is 0 Å². The van der Waals surface area contributed by atoms with Gasteiger partial charge in [-0.3, -0.25) is 9.67 Å². The van der Waals surface area contributed by atoms with Gasteiger partial charge in [0, 0.05) is 31.9 Å². The molecule has 1 saturated heterocycles. The van der Waals surface area contributed by atoms with Crippen molar-refractivity contribution in [3.05, 3.63) is 17.5 Å². The van der Waals surface area contributed by atoms with Gasteiger partial charge in [0.15, 0.2) is 15.8 Å². The van der Waals surface area contributed by atoms with Crippen LogP contribution in [-0.4, -0.2) is 55.3 Å². The van der Waals surface area contributed by atoms with Crippen molar-refractivity contribution in [3.63, 3.8) is 0 Å². The Labute approximate surface area is 155 Å². The first-order valence-corrected chi connectivity index (χ1v) is 9.40. The Hall–Kier alpha value is -0.840. The summed E-state index contributed by atoms with van der Waals surface area (Å²) in [6.07, 6.45) is 1.57. The molecular weight excluding hydrogens is 429 g/mol. The maximum atomic E-state index is 11.5. The third-order valence-corrected chi connectivity index (χ3v) is 5.51. The highest BCUT2D eigenvalue weighted by Crippen LogP contribution is 2.10. The van der Waals surface area contributed by atoms with Gasteiger partial charge in [-0.05, 0) is 32.8 Å². The third kappa shape index (κ3) is 6.28. The second-order valence-electron chi connectivity index (χ2n) is 5.75. The molecule has 0 spiro atoms. The lowest BCUT2D eigenvalue weighted by Gasteiger charge is -2.16. The van der Waals surface area contributed by atoms with E-state index < -0.39 is 9.84 Å². The maximum Gasteiger partial charge on any atom is 0.191 e. The molecule has 132 valence electrons. The summed E-state index contributed by atoms with van der Waals surface area (Å²) in [7, 11) is -1.18. The van der Waals surface area contributed by atoms with Crippen molar-refractivity contribution >= 4 is 39.8 Å². The van der Waals surface area contributed by atoms with E-state index >= 15 is 0 Å². The average Bonchev–Trinajstić information content (AvgIpc) is 2.95. The molecule has 0 aromatic carbocycles. The van der Waals surface area contributed by atoms with Crippen molar-refractivity contribution in [1.82, 2.24) is 20.4 Å². The second kappa shape index (κ2) is 8.86. The predicted molar refractivity (Wildman–Crippen MR) is 103 cm³/mol. The Morgan fingerprint density at radius 1 is 1.48 bits per heavy atom. The molecule has 1 fully saturated rings. The normalized spacial score (nSPS) is 20.1. The number of rotatable bonds is 5. The highest BCUT2D eigenvalue weighted by atomic mass is 127. The van der Waals surface area contributed by atoms with Gasteiger partial charge in [0.1, 0.15) is 0 Å².